The SMILES string of the molecule is CO.COC(=O)N1CCC(C2=C3C=NC=C[N+]3(C)C(Br)=N2)CC1. The number of methoxy groups -OCH3 is 1. The first-order chi connectivity index (χ1) is 11.1. The number of rotatable bonds is 1. The molecule has 1 atom stereocenters. The van der Waals surface area contributed by atoms with Gasteiger partial charge in [0.05, 0.1) is 26.6 Å². The minimum atomic E-state index is -0.245. The molecule has 7 nitrogen and oxygen atoms in total. The molecule has 0 aromatic rings. The lowest BCUT2D eigenvalue weighted by molar-refractivity contribution is -0.709. The number of nitrogens with zero attached hydrogens (tertiary/aromatic N) is 4. The van der Waals surface area contributed by atoms with Crippen molar-refractivity contribution in [3.05, 3.63) is 23.8 Å². The van der Waals surface area contributed by atoms with E-state index in [2.05, 4.69) is 28.0 Å². The first kappa shape index (κ1) is 17.8. The molecule has 1 N–H and O–H groups in total. The Morgan fingerprint density at radius 1 is 1.43 bits per heavy atom. The molecular formula is C15H22BrN4O3+. The summed E-state index contributed by atoms with van der Waals surface area (Å²) in [4.78, 5) is 22.3. The molecule has 0 spiro atoms. The fourth-order valence-electron chi connectivity index (χ4n) is 2.98. The maximum absolute atomic E-state index is 11.5. The summed E-state index contributed by atoms with van der Waals surface area (Å²) in [7, 11) is 4.51. The van der Waals surface area contributed by atoms with Crippen molar-refractivity contribution < 1.29 is 19.1 Å². The van der Waals surface area contributed by atoms with E-state index in [1.807, 2.05) is 12.4 Å². The Morgan fingerprint density at radius 2 is 2.09 bits per heavy atom. The lowest BCUT2D eigenvalue weighted by Gasteiger charge is -2.31. The number of hydrogen-bond donors (Lipinski definition) is 1. The van der Waals surface area contributed by atoms with Gasteiger partial charge in [0, 0.05) is 42.0 Å². The third-order valence-electron chi connectivity index (χ3n) is 4.32. The number of aliphatic hydroxyl groups excluding tert-OH is 1. The van der Waals surface area contributed by atoms with E-state index in [0.29, 0.717) is 23.5 Å². The van der Waals surface area contributed by atoms with Crippen LogP contribution in [0.4, 0.5) is 4.79 Å². The fraction of sp³-hybridized carbons (Fsp3) is 0.533. The Morgan fingerprint density at radius 3 is 2.70 bits per heavy atom. The molecule has 8 heteroatoms. The molecule has 0 radical (unpaired) electrons. The van der Waals surface area contributed by atoms with Gasteiger partial charge >= 0.3 is 6.09 Å². The van der Waals surface area contributed by atoms with E-state index in [9.17, 15) is 4.79 Å². The molecule has 0 aliphatic carbocycles. The number of hydrogen-bond acceptors (Lipinski definition) is 5. The molecule has 23 heavy (non-hydrogen) atoms. The van der Waals surface area contributed by atoms with Crippen molar-refractivity contribution in [3.8, 4) is 0 Å². The normalized spacial score (nSPS) is 26.5. The third kappa shape index (κ3) is 3.24. The minimum Gasteiger partial charge on any atom is -0.453 e. The highest BCUT2D eigenvalue weighted by Gasteiger charge is 2.43. The molecule has 3 aliphatic heterocycles. The lowest BCUT2D eigenvalue weighted by Crippen LogP contribution is -2.40. The minimum absolute atomic E-state index is 0.245. The number of likely N-dealkylation sites (tertiary alicyclic amines) is 1. The summed E-state index contributed by atoms with van der Waals surface area (Å²) in [6.45, 7) is 1.41. The largest absolute Gasteiger partial charge is 0.453 e. The Bertz CT molecular complexity index is 592. The second-order valence-electron chi connectivity index (χ2n) is 5.53. The number of piperidine rings is 1. The van der Waals surface area contributed by atoms with Crippen LogP contribution in [0.1, 0.15) is 12.8 Å². The molecule has 0 aromatic heterocycles. The zero-order valence-corrected chi connectivity index (χ0v) is 15.2. The van der Waals surface area contributed by atoms with Gasteiger partial charge in [-0.05, 0) is 12.8 Å². The van der Waals surface area contributed by atoms with E-state index in [1.54, 1.807) is 11.1 Å². The van der Waals surface area contributed by atoms with Crippen molar-refractivity contribution in [3.63, 3.8) is 0 Å². The number of aliphatic imine (C=N–C) groups is 2. The Hall–Kier alpha value is -1.51. The summed E-state index contributed by atoms with van der Waals surface area (Å²) >= 11 is 3.57. The van der Waals surface area contributed by atoms with E-state index in [1.165, 1.54) is 7.11 Å². The van der Waals surface area contributed by atoms with E-state index in [0.717, 1.165) is 36.1 Å². The second kappa shape index (κ2) is 7.37. The van der Waals surface area contributed by atoms with E-state index >= 15 is 0 Å². The van der Waals surface area contributed by atoms with Crippen LogP contribution in [-0.2, 0) is 4.74 Å². The summed E-state index contributed by atoms with van der Waals surface area (Å²) in [5, 5.41) is 7.00. The molecule has 0 bridgehead atoms. The van der Waals surface area contributed by atoms with Crippen molar-refractivity contribution in [2.75, 3.05) is 34.4 Å². The lowest BCUT2D eigenvalue weighted by atomic mass is 9.92. The van der Waals surface area contributed by atoms with Gasteiger partial charge in [-0.15, -0.1) is 0 Å². The average molecular weight is 386 g/mol. The number of carbonyl (C=O) groups excluding carboxylic acids is 1. The number of carbonyl (C=O) groups is 1. The van der Waals surface area contributed by atoms with Crippen LogP contribution >= 0.6 is 15.9 Å². The number of aliphatic hydroxyl groups is 1. The molecule has 3 rings (SSSR count). The molecule has 0 saturated carbocycles. The molecule has 1 fully saturated rings. The summed E-state index contributed by atoms with van der Waals surface area (Å²) in [6, 6.07) is 0. The van der Waals surface area contributed by atoms with Crippen molar-refractivity contribution in [2.45, 2.75) is 12.8 Å². The maximum atomic E-state index is 11.5. The van der Waals surface area contributed by atoms with Gasteiger partial charge in [0.1, 0.15) is 11.9 Å². The number of ether oxygens (including phenoxy) is 1. The Kier molecular flexibility index (Phi) is 5.72. The van der Waals surface area contributed by atoms with Crippen LogP contribution in [0.3, 0.4) is 0 Å². The predicted molar refractivity (Wildman–Crippen MR) is 92.0 cm³/mol. The predicted octanol–water partition coefficient (Wildman–Crippen LogP) is 2.05. The first-order valence-electron chi connectivity index (χ1n) is 7.40. The molecule has 1 saturated heterocycles. The zero-order chi connectivity index (χ0) is 17.0. The van der Waals surface area contributed by atoms with Crippen LogP contribution < -0.4 is 0 Å². The topological polar surface area (TPSA) is 74.5 Å². The quantitative estimate of drug-likeness (QED) is 0.554. The summed E-state index contributed by atoms with van der Waals surface area (Å²) in [5.41, 5.74) is 2.20. The number of allylic oxidation sites excluding steroid dienone is 2. The second-order valence-corrected chi connectivity index (χ2v) is 6.24. The highest BCUT2D eigenvalue weighted by molar-refractivity contribution is 9.18. The fourth-order valence-corrected chi connectivity index (χ4v) is 3.48. The summed E-state index contributed by atoms with van der Waals surface area (Å²) in [5.74, 6) is 0.353. The molecule has 1 unspecified atom stereocenters. The third-order valence-corrected chi connectivity index (χ3v) is 5.24. The van der Waals surface area contributed by atoms with Gasteiger partial charge in [-0.1, -0.05) is 0 Å². The van der Waals surface area contributed by atoms with Gasteiger partial charge in [-0.3, -0.25) is 4.99 Å². The first-order valence-corrected chi connectivity index (χ1v) is 8.20. The average Bonchev–Trinajstić information content (AvgIpc) is 2.87. The number of amidine groups is 1. The highest BCUT2D eigenvalue weighted by atomic mass is 79.9. The molecule has 126 valence electrons. The van der Waals surface area contributed by atoms with E-state index in [4.69, 9.17) is 14.8 Å². The van der Waals surface area contributed by atoms with E-state index in [-0.39, 0.29) is 6.09 Å². The summed E-state index contributed by atoms with van der Waals surface area (Å²) < 4.78 is 6.19. The van der Waals surface area contributed by atoms with Crippen LogP contribution in [0.2, 0.25) is 0 Å². The monoisotopic (exact) mass is 385 g/mol. The summed E-state index contributed by atoms with van der Waals surface area (Å²) in [6.07, 6.45) is 7.25. The van der Waals surface area contributed by atoms with E-state index < -0.39 is 0 Å². The van der Waals surface area contributed by atoms with Crippen LogP contribution in [0.5, 0.6) is 0 Å². The highest BCUT2D eigenvalue weighted by Crippen LogP contribution is 2.38. The number of halogens is 1. The Balaban J connectivity index is 0.000000924. The number of fused-ring (bicyclic) bond motifs is 1. The van der Waals surface area contributed by atoms with Gasteiger partial charge < -0.3 is 14.7 Å². The van der Waals surface area contributed by atoms with Crippen LogP contribution in [-0.4, -0.2) is 65.9 Å². The van der Waals surface area contributed by atoms with Gasteiger partial charge in [0.15, 0.2) is 5.70 Å². The Labute approximate surface area is 144 Å². The molecule has 3 heterocycles. The standard InChI is InChI=1S/C14H18BrN4O2.CH4O/c1-19-8-5-16-9-11(19)12(17-13(19)15)10-3-6-18(7-4-10)14(20)21-2;1-2/h5,8-10H,3-4,6-7H2,1-2H3;2H,1H3/q+1;. The van der Waals surface area contributed by atoms with Gasteiger partial charge in [-0.25, -0.2) is 9.28 Å². The van der Waals surface area contributed by atoms with Crippen molar-refractivity contribution >= 4 is 33.0 Å². The van der Waals surface area contributed by atoms with Crippen molar-refractivity contribution in [2.24, 2.45) is 15.9 Å². The molecule has 3 aliphatic rings. The van der Waals surface area contributed by atoms with Gasteiger partial charge in [0.25, 0.3) is 4.74 Å². The van der Waals surface area contributed by atoms with Crippen LogP contribution in [0, 0.1) is 5.92 Å². The number of quaternary nitrogens is 1. The zero-order valence-electron chi connectivity index (χ0n) is 13.6. The molecule has 1 amide bonds. The van der Waals surface area contributed by atoms with Crippen LogP contribution in [0.25, 0.3) is 0 Å². The van der Waals surface area contributed by atoms with Crippen molar-refractivity contribution in [1.82, 2.24) is 4.90 Å². The van der Waals surface area contributed by atoms with Crippen molar-refractivity contribution in [1.29, 1.82) is 0 Å². The smallest absolute Gasteiger partial charge is 0.409 e. The molecular weight excluding hydrogens is 364 g/mol. The van der Waals surface area contributed by atoms with Gasteiger partial charge in [0.2, 0.25) is 0 Å². The number of amides is 1. The maximum Gasteiger partial charge on any atom is 0.409 e. The molecule has 0 aromatic carbocycles. The van der Waals surface area contributed by atoms with Crippen LogP contribution in [0.15, 0.2) is 33.8 Å². The van der Waals surface area contributed by atoms with Gasteiger partial charge in [-0.2, -0.15) is 4.99 Å².